The zero-order valence-corrected chi connectivity index (χ0v) is 21.5. The number of guanidine groups is 1. The van der Waals surface area contributed by atoms with Crippen LogP contribution >= 0.6 is 24.0 Å². The van der Waals surface area contributed by atoms with Crippen molar-refractivity contribution >= 4 is 29.9 Å². The average Bonchev–Trinajstić information content (AvgIpc) is 3.33. The Labute approximate surface area is 213 Å². The van der Waals surface area contributed by atoms with Crippen LogP contribution in [0.15, 0.2) is 72.2 Å². The summed E-state index contributed by atoms with van der Waals surface area (Å²) in [5.74, 6) is 0.847. The van der Waals surface area contributed by atoms with Crippen molar-refractivity contribution in [3.63, 3.8) is 0 Å². The molecule has 1 fully saturated rings. The van der Waals surface area contributed by atoms with Crippen molar-refractivity contribution in [1.82, 2.24) is 20.2 Å². The average molecular weight is 559 g/mol. The molecule has 0 radical (unpaired) electrons. The van der Waals surface area contributed by atoms with Gasteiger partial charge in [-0.25, -0.2) is 9.98 Å². The van der Waals surface area contributed by atoms with E-state index >= 15 is 0 Å². The number of aliphatic hydroxyl groups excluding tert-OH is 1. The number of aliphatic hydroxyl groups is 1. The van der Waals surface area contributed by atoms with Crippen molar-refractivity contribution in [2.45, 2.75) is 57.8 Å². The highest BCUT2D eigenvalue weighted by Gasteiger charge is 2.20. The molecule has 3 aromatic rings. The first-order chi connectivity index (χ1) is 15.7. The number of benzene rings is 2. The number of aliphatic imine (C=N–C) groups is 1. The maximum Gasteiger partial charge on any atom is 0.191 e. The zero-order valence-electron chi connectivity index (χ0n) is 19.2. The highest BCUT2D eigenvalue weighted by molar-refractivity contribution is 14.0. The summed E-state index contributed by atoms with van der Waals surface area (Å²) in [5.41, 5.74) is 4.86. The highest BCUT2D eigenvalue weighted by atomic mass is 127. The van der Waals surface area contributed by atoms with Gasteiger partial charge in [-0.3, -0.25) is 0 Å². The second kappa shape index (κ2) is 12.7. The Morgan fingerprint density at radius 1 is 1.09 bits per heavy atom. The number of halogens is 1. The minimum atomic E-state index is -0.147. The molecule has 1 saturated carbocycles. The molecule has 6 nitrogen and oxygen atoms in total. The summed E-state index contributed by atoms with van der Waals surface area (Å²) in [7, 11) is 0. The molecule has 4 rings (SSSR count). The molecule has 1 aromatic heterocycles. The summed E-state index contributed by atoms with van der Waals surface area (Å²) in [6.07, 6.45) is 9.15. The number of nitrogens with one attached hydrogen (secondary N) is 2. The van der Waals surface area contributed by atoms with Gasteiger partial charge in [-0.1, -0.05) is 48.5 Å². The van der Waals surface area contributed by atoms with Crippen LogP contribution in [0.4, 0.5) is 0 Å². The van der Waals surface area contributed by atoms with Crippen molar-refractivity contribution < 1.29 is 5.11 Å². The van der Waals surface area contributed by atoms with E-state index in [-0.39, 0.29) is 30.1 Å². The normalized spacial score (nSPS) is 18.4. The molecule has 0 saturated heterocycles. The number of imidazole rings is 1. The summed E-state index contributed by atoms with van der Waals surface area (Å²) in [6.45, 7) is 4.34. The lowest BCUT2D eigenvalue weighted by atomic mass is 9.93. The molecule has 176 valence electrons. The Bertz CT molecular complexity index is 996. The van der Waals surface area contributed by atoms with Gasteiger partial charge in [0.15, 0.2) is 5.96 Å². The molecule has 0 atom stereocenters. The van der Waals surface area contributed by atoms with Crippen LogP contribution in [0.3, 0.4) is 0 Å². The number of rotatable bonds is 7. The molecular formula is C26H34IN5O. The van der Waals surface area contributed by atoms with E-state index in [9.17, 15) is 5.11 Å². The van der Waals surface area contributed by atoms with E-state index in [1.807, 2.05) is 12.5 Å². The lowest BCUT2D eigenvalue weighted by Crippen LogP contribution is -2.45. The Kier molecular flexibility index (Phi) is 9.75. The third kappa shape index (κ3) is 7.30. The van der Waals surface area contributed by atoms with Gasteiger partial charge in [-0.2, -0.15) is 0 Å². The van der Waals surface area contributed by atoms with Gasteiger partial charge in [0.2, 0.25) is 0 Å². The van der Waals surface area contributed by atoms with E-state index < -0.39 is 0 Å². The van der Waals surface area contributed by atoms with Gasteiger partial charge in [0.25, 0.3) is 0 Å². The largest absolute Gasteiger partial charge is 0.393 e. The first-order valence-corrected chi connectivity index (χ1v) is 11.6. The molecule has 0 bridgehead atoms. The van der Waals surface area contributed by atoms with Crippen LogP contribution in [0, 0.1) is 0 Å². The van der Waals surface area contributed by atoms with Gasteiger partial charge in [-0.15, -0.1) is 24.0 Å². The maximum atomic E-state index is 9.76. The quantitative estimate of drug-likeness (QED) is 0.225. The lowest BCUT2D eigenvalue weighted by Gasteiger charge is -2.27. The van der Waals surface area contributed by atoms with E-state index in [2.05, 4.69) is 75.6 Å². The van der Waals surface area contributed by atoms with Crippen LogP contribution in [0.2, 0.25) is 0 Å². The van der Waals surface area contributed by atoms with Gasteiger partial charge >= 0.3 is 0 Å². The van der Waals surface area contributed by atoms with Crippen LogP contribution < -0.4 is 10.6 Å². The molecule has 2 aromatic carbocycles. The molecule has 1 aliphatic carbocycles. The van der Waals surface area contributed by atoms with Crippen LogP contribution in [0.5, 0.6) is 0 Å². The van der Waals surface area contributed by atoms with Crippen LogP contribution in [0.1, 0.15) is 43.7 Å². The monoisotopic (exact) mass is 559 g/mol. The summed E-state index contributed by atoms with van der Waals surface area (Å²) in [4.78, 5) is 8.98. The third-order valence-corrected chi connectivity index (χ3v) is 6.00. The second-order valence-corrected chi connectivity index (χ2v) is 8.43. The number of aromatic nitrogens is 2. The standard InChI is InChI=1S/C26H33N5O.HI/c1-2-28-26(30-23-11-13-24(32)14-12-23)29-17-22-5-3-4-6-25(22)21-9-7-20(8-10-21)18-31-16-15-27-19-31;/h3-10,15-16,19,23-24,32H,2,11-14,17-18H2,1H3,(H2,28,29,30);1H. The van der Waals surface area contributed by atoms with Gasteiger partial charge in [0.05, 0.1) is 19.0 Å². The molecule has 1 aliphatic rings. The second-order valence-electron chi connectivity index (χ2n) is 8.43. The van der Waals surface area contributed by atoms with Gasteiger partial charge in [-0.05, 0) is 54.9 Å². The number of hydrogen-bond donors (Lipinski definition) is 3. The van der Waals surface area contributed by atoms with Crippen molar-refractivity contribution in [3.05, 3.63) is 78.4 Å². The van der Waals surface area contributed by atoms with E-state index in [1.54, 1.807) is 6.20 Å². The molecule has 0 unspecified atom stereocenters. The number of nitrogens with zero attached hydrogens (tertiary/aromatic N) is 3. The van der Waals surface area contributed by atoms with E-state index in [1.165, 1.54) is 22.3 Å². The summed E-state index contributed by atoms with van der Waals surface area (Å²) in [6, 6.07) is 17.6. The predicted molar refractivity (Wildman–Crippen MR) is 145 cm³/mol. The van der Waals surface area contributed by atoms with Gasteiger partial charge in [0.1, 0.15) is 0 Å². The van der Waals surface area contributed by atoms with Gasteiger partial charge < -0.3 is 20.3 Å². The van der Waals surface area contributed by atoms with Crippen LogP contribution in [-0.4, -0.2) is 39.3 Å². The Balaban J connectivity index is 0.00000306. The fourth-order valence-corrected chi connectivity index (χ4v) is 4.22. The summed E-state index contributed by atoms with van der Waals surface area (Å²) < 4.78 is 2.07. The Morgan fingerprint density at radius 2 is 1.85 bits per heavy atom. The first-order valence-electron chi connectivity index (χ1n) is 11.6. The molecule has 0 amide bonds. The highest BCUT2D eigenvalue weighted by Crippen LogP contribution is 2.25. The fourth-order valence-electron chi connectivity index (χ4n) is 4.22. The topological polar surface area (TPSA) is 74.5 Å². The molecule has 1 heterocycles. The van der Waals surface area contributed by atoms with Crippen LogP contribution in [0.25, 0.3) is 11.1 Å². The zero-order chi connectivity index (χ0) is 22.2. The first kappa shape index (κ1) is 25.2. The predicted octanol–water partition coefficient (Wildman–Crippen LogP) is 4.58. The fraction of sp³-hybridized carbons (Fsp3) is 0.385. The SMILES string of the molecule is CCNC(=NCc1ccccc1-c1ccc(Cn2ccnc2)cc1)NC1CCC(O)CC1.I. The molecule has 0 aliphatic heterocycles. The summed E-state index contributed by atoms with van der Waals surface area (Å²) in [5, 5.41) is 16.7. The lowest BCUT2D eigenvalue weighted by molar-refractivity contribution is 0.120. The summed E-state index contributed by atoms with van der Waals surface area (Å²) >= 11 is 0. The van der Waals surface area contributed by atoms with Gasteiger partial charge in [0, 0.05) is 31.5 Å². The number of hydrogen-bond acceptors (Lipinski definition) is 3. The van der Waals surface area contributed by atoms with Crippen molar-refractivity contribution in [3.8, 4) is 11.1 Å². The van der Waals surface area contributed by atoms with Crippen LogP contribution in [-0.2, 0) is 13.1 Å². The minimum absolute atomic E-state index is 0. The molecule has 3 N–H and O–H groups in total. The molecule has 7 heteroatoms. The molecular weight excluding hydrogens is 525 g/mol. The van der Waals surface area contributed by atoms with Crippen molar-refractivity contribution in [1.29, 1.82) is 0 Å². The van der Waals surface area contributed by atoms with E-state index in [0.29, 0.717) is 12.6 Å². The van der Waals surface area contributed by atoms with Crippen molar-refractivity contribution in [2.75, 3.05) is 6.54 Å². The Morgan fingerprint density at radius 3 is 2.55 bits per heavy atom. The Hall–Kier alpha value is -2.39. The molecule has 0 spiro atoms. The smallest absolute Gasteiger partial charge is 0.191 e. The maximum absolute atomic E-state index is 9.76. The third-order valence-electron chi connectivity index (χ3n) is 6.00. The van der Waals surface area contributed by atoms with E-state index in [0.717, 1.165) is 44.7 Å². The van der Waals surface area contributed by atoms with E-state index in [4.69, 9.17) is 4.99 Å². The van der Waals surface area contributed by atoms with Crippen molar-refractivity contribution in [2.24, 2.45) is 4.99 Å². The molecule has 33 heavy (non-hydrogen) atoms. The minimum Gasteiger partial charge on any atom is -0.393 e.